The topological polar surface area (TPSA) is 79.3 Å². The summed E-state index contributed by atoms with van der Waals surface area (Å²) in [4.78, 5) is 27.4. The number of rotatable bonds is 6. The molecule has 1 fully saturated rings. The van der Waals surface area contributed by atoms with Crippen molar-refractivity contribution in [3.05, 3.63) is 53.3 Å². The normalized spacial score (nSPS) is 18.8. The molecule has 1 aromatic carbocycles. The van der Waals surface area contributed by atoms with E-state index in [1.807, 2.05) is 41.9 Å². The molecule has 0 bridgehead atoms. The first-order valence-electron chi connectivity index (χ1n) is 11.4. The molecular formula is C24H35N5O2. The predicted molar refractivity (Wildman–Crippen MR) is 121 cm³/mol. The van der Waals surface area contributed by atoms with E-state index in [1.165, 1.54) is 5.56 Å². The van der Waals surface area contributed by atoms with Crippen LogP contribution in [0.15, 0.2) is 36.5 Å². The van der Waals surface area contributed by atoms with E-state index < -0.39 is 0 Å². The van der Waals surface area contributed by atoms with Crippen molar-refractivity contribution in [1.29, 1.82) is 0 Å². The standard InChI is InChI=1S/C24H35N5O2/c1-3-29-18-22(19(2)27-29)17-28-14-7-10-21(11-13-25-23(30)12-15-28)24(31)26-16-20-8-5-4-6-9-20/h4-6,8-9,18,21H,3,7,10-17H2,1-2H3,(H,25,30)(H,26,31). The molecule has 0 spiro atoms. The zero-order valence-electron chi connectivity index (χ0n) is 18.8. The van der Waals surface area contributed by atoms with Gasteiger partial charge >= 0.3 is 0 Å². The van der Waals surface area contributed by atoms with Gasteiger partial charge in [-0.25, -0.2) is 0 Å². The van der Waals surface area contributed by atoms with Crippen molar-refractivity contribution < 1.29 is 9.59 Å². The lowest BCUT2D eigenvalue weighted by molar-refractivity contribution is -0.126. The number of benzene rings is 1. The van der Waals surface area contributed by atoms with Crippen LogP contribution in [0.5, 0.6) is 0 Å². The Morgan fingerprint density at radius 2 is 2.03 bits per heavy atom. The van der Waals surface area contributed by atoms with E-state index in [0.717, 1.165) is 43.7 Å². The number of hydrogen-bond acceptors (Lipinski definition) is 4. The van der Waals surface area contributed by atoms with Crippen LogP contribution in [0.4, 0.5) is 0 Å². The molecule has 2 N–H and O–H groups in total. The Bertz CT molecular complexity index is 849. The summed E-state index contributed by atoms with van der Waals surface area (Å²) in [5.74, 6) is 0.0359. The largest absolute Gasteiger partial charge is 0.356 e. The van der Waals surface area contributed by atoms with E-state index in [1.54, 1.807) is 0 Å². The third kappa shape index (κ3) is 7.21. The quantitative estimate of drug-likeness (QED) is 0.746. The van der Waals surface area contributed by atoms with Gasteiger partial charge in [0, 0.05) is 56.8 Å². The molecule has 1 saturated heterocycles. The van der Waals surface area contributed by atoms with Crippen molar-refractivity contribution in [3.63, 3.8) is 0 Å². The molecule has 1 aliphatic rings. The fourth-order valence-electron chi connectivity index (χ4n) is 4.02. The molecule has 0 radical (unpaired) electrons. The van der Waals surface area contributed by atoms with Gasteiger partial charge in [0.2, 0.25) is 11.8 Å². The van der Waals surface area contributed by atoms with Gasteiger partial charge in [-0.05, 0) is 45.2 Å². The van der Waals surface area contributed by atoms with Crippen LogP contribution in [0.25, 0.3) is 0 Å². The molecular weight excluding hydrogens is 390 g/mol. The van der Waals surface area contributed by atoms with Gasteiger partial charge in [0.15, 0.2) is 0 Å². The number of aryl methyl sites for hydroxylation is 2. The Morgan fingerprint density at radius 3 is 2.77 bits per heavy atom. The van der Waals surface area contributed by atoms with E-state index in [0.29, 0.717) is 32.5 Å². The number of nitrogens with one attached hydrogen (secondary N) is 2. The molecule has 2 heterocycles. The Kier molecular flexibility index (Phi) is 8.64. The Hall–Kier alpha value is -2.67. The van der Waals surface area contributed by atoms with Crippen LogP contribution in [0.3, 0.4) is 0 Å². The summed E-state index contributed by atoms with van der Waals surface area (Å²) < 4.78 is 1.96. The Morgan fingerprint density at radius 1 is 1.23 bits per heavy atom. The average Bonchev–Trinajstić information content (AvgIpc) is 3.12. The lowest BCUT2D eigenvalue weighted by Crippen LogP contribution is -2.33. The van der Waals surface area contributed by atoms with Gasteiger partial charge in [0.1, 0.15) is 0 Å². The molecule has 0 saturated carbocycles. The van der Waals surface area contributed by atoms with Crippen molar-refractivity contribution >= 4 is 11.8 Å². The number of amides is 2. The highest BCUT2D eigenvalue weighted by atomic mass is 16.2. The third-order valence-corrected chi connectivity index (χ3v) is 5.94. The maximum Gasteiger partial charge on any atom is 0.223 e. The van der Waals surface area contributed by atoms with Crippen molar-refractivity contribution in [1.82, 2.24) is 25.3 Å². The van der Waals surface area contributed by atoms with E-state index in [9.17, 15) is 9.59 Å². The highest BCUT2D eigenvalue weighted by molar-refractivity contribution is 5.79. The molecule has 2 aromatic rings. The van der Waals surface area contributed by atoms with Gasteiger partial charge in [-0.3, -0.25) is 19.2 Å². The molecule has 1 aliphatic heterocycles. The number of aromatic nitrogens is 2. The molecule has 2 amide bonds. The summed E-state index contributed by atoms with van der Waals surface area (Å²) in [6, 6.07) is 9.95. The maximum absolute atomic E-state index is 12.8. The highest BCUT2D eigenvalue weighted by Gasteiger charge is 2.21. The van der Waals surface area contributed by atoms with Crippen LogP contribution in [-0.4, -0.2) is 46.1 Å². The first kappa shape index (κ1) is 23.0. The molecule has 168 valence electrons. The van der Waals surface area contributed by atoms with E-state index in [4.69, 9.17) is 0 Å². The van der Waals surface area contributed by atoms with Gasteiger partial charge in [-0.2, -0.15) is 5.10 Å². The van der Waals surface area contributed by atoms with Gasteiger partial charge in [0.05, 0.1) is 5.69 Å². The number of carbonyl (C=O) groups excluding carboxylic acids is 2. The smallest absolute Gasteiger partial charge is 0.223 e. The van der Waals surface area contributed by atoms with E-state index in [2.05, 4.69) is 33.8 Å². The van der Waals surface area contributed by atoms with Gasteiger partial charge in [-0.1, -0.05) is 30.3 Å². The van der Waals surface area contributed by atoms with Gasteiger partial charge < -0.3 is 10.6 Å². The summed E-state index contributed by atoms with van der Waals surface area (Å²) in [6.07, 6.45) is 5.00. The lowest BCUT2D eigenvalue weighted by atomic mass is 9.98. The molecule has 0 aliphatic carbocycles. The van der Waals surface area contributed by atoms with Gasteiger partial charge in [0.25, 0.3) is 0 Å². The molecule has 7 heteroatoms. The molecule has 31 heavy (non-hydrogen) atoms. The zero-order chi connectivity index (χ0) is 22.1. The third-order valence-electron chi connectivity index (χ3n) is 5.94. The summed E-state index contributed by atoms with van der Waals surface area (Å²) >= 11 is 0. The fraction of sp³-hybridized carbons (Fsp3) is 0.542. The van der Waals surface area contributed by atoms with E-state index in [-0.39, 0.29) is 17.7 Å². The second-order valence-electron chi connectivity index (χ2n) is 8.30. The van der Waals surface area contributed by atoms with Gasteiger partial charge in [-0.15, -0.1) is 0 Å². The first-order valence-corrected chi connectivity index (χ1v) is 11.4. The number of carbonyl (C=O) groups is 2. The first-order chi connectivity index (χ1) is 15.0. The van der Waals surface area contributed by atoms with Crippen molar-refractivity contribution in [2.24, 2.45) is 5.92 Å². The van der Waals surface area contributed by atoms with Crippen molar-refractivity contribution in [2.75, 3.05) is 19.6 Å². The Labute approximate surface area is 185 Å². The molecule has 7 nitrogen and oxygen atoms in total. The minimum atomic E-state index is -0.0893. The summed E-state index contributed by atoms with van der Waals surface area (Å²) in [7, 11) is 0. The predicted octanol–water partition coefficient (Wildman–Crippen LogP) is 2.64. The van der Waals surface area contributed by atoms with Crippen LogP contribution in [0.1, 0.15) is 49.4 Å². The molecule has 1 atom stereocenters. The highest BCUT2D eigenvalue weighted by Crippen LogP contribution is 2.16. The second-order valence-corrected chi connectivity index (χ2v) is 8.30. The minimum Gasteiger partial charge on any atom is -0.356 e. The minimum absolute atomic E-state index is 0.0521. The number of nitrogens with zero attached hydrogens (tertiary/aromatic N) is 3. The summed E-state index contributed by atoms with van der Waals surface area (Å²) in [5, 5.41) is 10.6. The number of hydrogen-bond donors (Lipinski definition) is 2. The van der Waals surface area contributed by atoms with Crippen molar-refractivity contribution in [2.45, 2.75) is 59.2 Å². The summed E-state index contributed by atoms with van der Waals surface area (Å²) in [5.41, 5.74) is 3.34. The second kappa shape index (κ2) is 11.6. The summed E-state index contributed by atoms with van der Waals surface area (Å²) in [6.45, 7) is 8.41. The molecule has 3 rings (SSSR count). The lowest BCUT2D eigenvalue weighted by Gasteiger charge is -2.22. The average molecular weight is 426 g/mol. The fourth-order valence-corrected chi connectivity index (χ4v) is 4.02. The van der Waals surface area contributed by atoms with Crippen LogP contribution in [0.2, 0.25) is 0 Å². The van der Waals surface area contributed by atoms with Crippen LogP contribution in [-0.2, 0) is 29.2 Å². The zero-order valence-corrected chi connectivity index (χ0v) is 18.8. The maximum atomic E-state index is 12.8. The van der Waals surface area contributed by atoms with Crippen molar-refractivity contribution in [3.8, 4) is 0 Å². The van der Waals surface area contributed by atoms with Crippen LogP contribution < -0.4 is 10.6 Å². The SMILES string of the molecule is CCn1cc(CN2CCCC(C(=O)NCc3ccccc3)CCNC(=O)CC2)c(C)n1. The Balaban J connectivity index is 1.58. The molecule has 1 unspecified atom stereocenters. The van der Waals surface area contributed by atoms with Crippen LogP contribution >= 0.6 is 0 Å². The van der Waals surface area contributed by atoms with E-state index >= 15 is 0 Å². The molecule has 1 aromatic heterocycles. The monoisotopic (exact) mass is 425 g/mol. The van der Waals surface area contributed by atoms with Crippen LogP contribution in [0, 0.1) is 12.8 Å².